The molecule has 5 heteroatoms. The Kier molecular flexibility index (Phi) is 5.33. The number of aryl methyl sites for hydroxylation is 1. The van der Waals surface area contributed by atoms with Gasteiger partial charge in [0.25, 0.3) is 5.91 Å². The van der Waals surface area contributed by atoms with Crippen molar-refractivity contribution in [3.63, 3.8) is 0 Å². The number of thioether (sulfide) groups is 1. The van der Waals surface area contributed by atoms with Crippen LogP contribution in [0.4, 0.5) is 5.69 Å². The number of rotatable bonds is 5. The summed E-state index contributed by atoms with van der Waals surface area (Å²) >= 11 is 3.22. The molecule has 0 aliphatic heterocycles. The molecule has 2 aromatic carbocycles. The number of nitrogens with zero attached hydrogens (tertiary/aromatic N) is 1. The zero-order valence-corrected chi connectivity index (χ0v) is 15.2. The van der Waals surface area contributed by atoms with Gasteiger partial charge in [-0.05, 0) is 43.2 Å². The molecule has 1 N–H and O–H groups in total. The summed E-state index contributed by atoms with van der Waals surface area (Å²) in [6.45, 7) is 4.07. The number of aromatic nitrogens is 1. The van der Waals surface area contributed by atoms with Crippen LogP contribution in [0.1, 0.15) is 27.2 Å². The molecule has 3 aromatic rings. The number of amides is 1. The number of hydrogen-bond acceptors (Lipinski definition) is 4. The van der Waals surface area contributed by atoms with Crippen LogP contribution in [0.3, 0.4) is 0 Å². The third kappa shape index (κ3) is 3.86. The highest BCUT2D eigenvalue weighted by molar-refractivity contribution is 7.98. The zero-order chi connectivity index (χ0) is 16.9. The predicted molar refractivity (Wildman–Crippen MR) is 102 cm³/mol. The van der Waals surface area contributed by atoms with Crippen LogP contribution in [-0.4, -0.2) is 10.9 Å². The molecule has 3 rings (SSSR count). The molecule has 1 amide bonds. The number of benzene rings is 2. The van der Waals surface area contributed by atoms with Crippen molar-refractivity contribution in [1.29, 1.82) is 0 Å². The van der Waals surface area contributed by atoms with Crippen LogP contribution >= 0.6 is 23.1 Å². The number of thiazole rings is 1. The van der Waals surface area contributed by atoms with E-state index in [0.717, 1.165) is 27.6 Å². The highest BCUT2D eigenvalue weighted by Gasteiger charge is 2.13. The van der Waals surface area contributed by atoms with Crippen molar-refractivity contribution in [2.45, 2.75) is 24.5 Å². The fourth-order valence-corrected chi connectivity index (χ4v) is 3.93. The smallest absolute Gasteiger partial charge is 0.256 e. The van der Waals surface area contributed by atoms with E-state index in [1.807, 2.05) is 67.2 Å². The Hall–Kier alpha value is -2.11. The van der Waals surface area contributed by atoms with Gasteiger partial charge in [-0.15, -0.1) is 23.1 Å². The van der Waals surface area contributed by atoms with Crippen LogP contribution < -0.4 is 5.32 Å². The van der Waals surface area contributed by atoms with Crippen molar-refractivity contribution in [2.24, 2.45) is 0 Å². The van der Waals surface area contributed by atoms with Gasteiger partial charge >= 0.3 is 0 Å². The van der Waals surface area contributed by atoms with Gasteiger partial charge in [-0.2, -0.15) is 0 Å². The summed E-state index contributed by atoms with van der Waals surface area (Å²) < 4.78 is 0. The van der Waals surface area contributed by atoms with Gasteiger partial charge in [0, 0.05) is 21.7 Å². The lowest BCUT2D eigenvalue weighted by atomic mass is 10.1. The largest absolute Gasteiger partial charge is 0.322 e. The van der Waals surface area contributed by atoms with Crippen LogP contribution in [0, 0.1) is 13.8 Å². The first kappa shape index (κ1) is 16.7. The van der Waals surface area contributed by atoms with Gasteiger partial charge in [-0.1, -0.05) is 24.3 Å². The molecule has 1 heterocycles. The van der Waals surface area contributed by atoms with E-state index in [9.17, 15) is 4.79 Å². The second-order valence-electron chi connectivity index (χ2n) is 5.47. The lowest BCUT2D eigenvalue weighted by Gasteiger charge is -2.12. The lowest BCUT2D eigenvalue weighted by molar-refractivity contribution is 0.102. The fourth-order valence-electron chi connectivity index (χ4n) is 2.32. The van der Waals surface area contributed by atoms with Gasteiger partial charge in [0.15, 0.2) is 0 Å². The molecule has 0 saturated carbocycles. The van der Waals surface area contributed by atoms with Crippen LogP contribution in [0.5, 0.6) is 0 Å². The summed E-state index contributed by atoms with van der Waals surface area (Å²) in [5, 5.41) is 5.07. The third-order valence-electron chi connectivity index (χ3n) is 3.84. The Morgan fingerprint density at radius 1 is 1.17 bits per heavy atom. The quantitative estimate of drug-likeness (QED) is 0.632. The first-order chi connectivity index (χ1) is 11.6. The summed E-state index contributed by atoms with van der Waals surface area (Å²) in [7, 11) is 0. The second kappa shape index (κ2) is 7.64. The van der Waals surface area contributed by atoms with Gasteiger partial charge in [0.1, 0.15) is 0 Å². The van der Waals surface area contributed by atoms with Crippen LogP contribution in [0.25, 0.3) is 0 Å². The molecule has 0 fully saturated rings. The number of anilines is 1. The van der Waals surface area contributed by atoms with Crippen LogP contribution in [-0.2, 0) is 5.75 Å². The Bertz CT molecular complexity index is 844. The normalized spacial score (nSPS) is 10.6. The molecule has 0 saturated heterocycles. The average molecular weight is 355 g/mol. The predicted octanol–water partition coefficient (Wildman–Crippen LogP) is 5.30. The van der Waals surface area contributed by atoms with E-state index in [-0.39, 0.29) is 5.91 Å². The average Bonchev–Trinajstić information content (AvgIpc) is 3.11. The van der Waals surface area contributed by atoms with Crippen LogP contribution in [0.2, 0.25) is 0 Å². The highest BCUT2D eigenvalue weighted by Crippen LogP contribution is 2.27. The number of carbonyl (C=O) groups is 1. The molecule has 0 bridgehead atoms. The molecule has 3 nitrogen and oxygen atoms in total. The van der Waals surface area contributed by atoms with Crippen molar-refractivity contribution in [2.75, 3.05) is 5.32 Å². The van der Waals surface area contributed by atoms with Crippen molar-refractivity contribution < 1.29 is 4.79 Å². The third-order valence-corrected chi connectivity index (χ3v) is 5.59. The van der Waals surface area contributed by atoms with Gasteiger partial charge in [0.2, 0.25) is 0 Å². The second-order valence-corrected chi connectivity index (χ2v) is 7.20. The van der Waals surface area contributed by atoms with E-state index in [1.54, 1.807) is 23.1 Å². The maximum absolute atomic E-state index is 12.7. The van der Waals surface area contributed by atoms with Crippen molar-refractivity contribution in [3.05, 3.63) is 75.7 Å². The molecule has 0 radical (unpaired) electrons. The Balaban J connectivity index is 1.78. The van der Waals surface area contributed by atoms with Crippen molar-refractivity contribution >= 4 is 34.7 Å². The lowest BCUT2D eigenvalue weighted by Crippen LogP contribution is -2.14. The van der Waals surface area contributed by atoms with Crippen LogP contribution in [0.15, 0.2) is 58.3 Å². The van der Waals surface area contributed by atoms with Gasteiger partial charge in [-0.25, -0.2) is 4.98 Å². The molecule has 24 heavy (non-hydrogen) atoms. The van der Waals surface area contributed by atoms with E-state index < -0.39 is 0 Å². The van der Waals surface area contributed by atoms with Gasteiger partial charge < -0.3 is 5.32 Å². The summed E-state index contributed by atoms with van der Waals surface area (Å²) in [5.74, 6) is 0.683. The van der Waals surface area contributed by atoms with Crippen molar-refractivity contribution in [1.82, 2.24) is 4.98 Å². The molecular formula is C19H18N2OS2. The molecule has 0 spiro atoms. The molecule has 0 unspecified atom stereocenters. The van der Waals surface area contributed by atoms with E-state index in [0.29, 0.717) is 5.56 Å². The molecule has 0 aliphatic carbocycles. The monoisotopic (exact) mass is 354 g/mol. The summed E-state index contributed by atoms with van der Waals surface area (Å²) in [6, 6.07) is 13.6. The van der Waals surface area contributed by atoms with Crippen molar-refractivity contribution in [3.8, 4) is 0 Å². The first-order valence-corrected chi connectivity index (χ1v) is 9.54. The van der Waals surface area contributed by atoms with E-state index in [1.165, 1.54) is 5.56 Å². The number of carbonyl (C=O) groups excluding carboxylic acids is 1. The minimum absolute atomic E-state index is 0.0786. The topological polar surface area (TPSA) is 42.0 Å². The van der Waals surface area contributed by atoms with Gasteiger partial charge in [-0.3, -0.25) is 4.79 Å². The van der Waals surface area contributed by atoms with Gasteiger partial charge in [0.05, 0.1) is 16.8 Å². The first-order valence-electron chi connectivity index (χ1n) is 7.61. The zero-order valence-electron chi connectivity index (χ0n) is 13.6. The summed E-state index contributed by atoms with van der Waals surface area (Å²) in [4.78, 5) is 18.0. The standard InChI is InChI=1S/C19H18N2OS2/c1-13-6-5-8-17(14(13)2)21-19(22)16-7-3-4-9-18(16)24-11-15-10-23-12-20-15/h3-10,12H,11H2,1-2H3,(H,21,22). The Morgan fingerprint density at radius 2 is 2.00 bits per heavy atom. The summed E-state index contributed by atoms with van der Waals surface area (Å²) in [5.41, 5.74) is 6.68. The summed E-state index contributed by atoms with van der Waals surface area (Å²) in [6.07, 6.45) is 0. The molecule has 122 valence electrons. The van der Waals surface area contributed by atoms with E-state index in [2.05, 4.69) is 10.3 Å². The van der Waals surface area contributed by atoms with E-state index >= 15 is 0 Å². The maximum atomic E-state index is 12.7. The Morgan fingerprint density at radius 3 is 2.79 bits per heavy atom. The SMILES string of the molecule is Cc1cccc(NC(=O)c2ccccc2SCc2cscn2)c1C. The number of nitrogens with one attached hydrogen (secondary N) is 1. The molecular weight excluding hydrogens is 336 g/mol. The molecule has 1 aromatic heterocycles. The minimum atomic E-state index is -0.0786. The molecule has 0 atom stereocenters. The number of hydrogen-bond donors (Lipinski definition) is 1. The minimum Gasteiger partial charge on any atom is -0.322 e. The highest BCUT2D eigenvalue weighted by atomic mass is 32.2. The maximum Gasteiger partial charge on any atom is 0.256 e. The molecule has 0 aliphatic rings. The van der Waals surface area contributed by atoms with E-state index in [4.69, 9.17) is 0 Å². The fraction of sp³-hybridized carbons (Fsp3) is 0.158. The Labute approximate surface area is 150 Å².